The highest BCUT2D eigenvalue weighted by Gasteiger charge is 2.37. The van der Waals surface area contributed by atoms with Crippen LogP contribution in [-0.2, 0) is 0 Å². The van der Waals surface area contributed by atoms with Crippen molar-refractivity contribution >= 4 is 0 Å². The van der Waals surface area contributed by atoms with Gasteiger partial charge in [-0.2, -0.15) is 0 Å². The Morgan fingerprint density at radius 3 is 2.55 bits per heavy atom. The first-order valence-electron chi connectivity index (χ1n) is 4.10. The van der Waals surface area contributed by atoms with Gasteiger partial charge in [0, 0.05) is 23.9 Å². The van der Waals surface area contributed by atoms with Crippen LogP contribution >= 0.6 is 0 Å². The molecule has 0 amide bonds. The topological polar surface area (TPSA) is 41.8 Å². The van der Waals surface area contributed by atoms with Gasteiger partial charge in [-0.05, 0) is 31.4 Å². The second-order valence-electron chi connectivity index (χ2n) is 3.52. The Morgan fingerprint density at radius 1 is 1.55 bits per heavy atom. The maximum atomic E-state index is 5.78. The number of H-pyrrole nitrogens is 1. The Kier molecular flexibility index (Phi) is 1.33. The Labute approximate surface area is 66.8 Å². The molecule has 2 unspecified atom stereocenters. The number of aromatic amines is 1. The predicted octanol–water partition coefficient (Wildman–Crippen LogP) is 1.45. The third-order valence-corrected chi connectivity index (χ3v) is 2.54. The van der Waals surface area contributed by atoms with Crippen LogP contribution in [0.25, 0.3) is 0 Å². The molecule has 1 aromatic heterocycles. The van der Waals surface area contributed by atoms with Gasteiger partial charge in [0.25, 0.3) is 0 Å². The Hall–Kier alpha value is -0.760. The van der Waals surface area contributed by atoms with E-state index in [0.29, 0.717) is 12.0 Å². The SMILES string of the molecule is Cc1c[nH]c(C)c1C1CC1N. The molecular weight excluding hydrogens is 136 g/mol. The van der Waals surface area contributed by atoms with Crippen LogP contribution in [0.5, 0.6) is 0 Å². The van der Waals surface area contributed by atoms with Crippen molar-refractivity contribution in [2.24, 2.45) is 5.73 Å². The molecule has 1 heterocycles. The van der Waals surface area contributed by atoms with E-state index in [0.717, 1.165) is 0 Å². The van der Waals surface area contributed by atoms with Gasteiger partial charge in [0.05, 0.1) is 0 Å². The molecule has 0 aliphatic heterocycles. The molecule has 2 rings (SSSR count). The van der Waals surface area contributed by atoms with Crippen molar-refractivity contribution in [3.05, 3.63) is 23.0 Å². The second kappa shape index (κ2) is 2.11. The van der Waals surface area contributed by atoms with Gasteiger partial charge in [-0.25, -0.2) is 0 Å². The van der Waals surface area contributed by atoms with E-state index >= 15 is 0 Å². The van der Waals surface area contributed by atoms with E-state index in [1.54, 1.807) is 0 Å². The minimum atomic E-state index is 0.420. The normalized spacial score (nSPS) is 29.0. The largest absolute Gasteiger partial charge is 0.365 e. The van der Waals surface area contributed by atoms with Crippen molar-refractivity contribution in [3.63, 3.8) is 0 Å². The first kappa shape index (κ1) is 6.92. The lowest BCUT2D eigenvalue weighted by molar-refractivity contribution is 0.972. The smallest absolute Gasteiger partial charge is 0.0154 e. The minimum Gasteiger partial charge on any atom is -0.365 e. The average molecular weight is 150 g/mol. The van der Waals surface area contributed by atoms with Crippen LogP contribution in [0.1, 0.15) is 29.2 Å². The number of nitrogens with two attached hydrogens (primary N) is 1. The summed E-state index contributed by atoms with van der Waals surface area (Å²) in [5, 5.41) is 0. The molecule has 0 radical (unpaired) electrons. The van der Waals surface area contributed by atoms with E-state index in [2.05, 4.69) is 25.0 Å². The lowest BCUT2D eigenvalue weighted by Crippen LogP contribution is -2.01. The van der Waals surface area contributed by atoms with Gasteiger partial charge in [-0.15, -0.1) is 0 Å². The fraction of sp³-hybridized carbons (Fsp3) is 0.556. The Balaban J connectivity index is 2.36. The van der Waals surface area contributed by atoms with Crippen molar-refractivity contribution < 1.29 is 0 Å². The molecule has 0 spiro atoms. The van der Waals surface area contributed by atoms with Crippen LogP contribution in [0, 0.1) is 13.8 Å². The summed E-state index contributed by atoms with van der Waals surface area (Å²) in [4.78, 5) is 3.22. The van der Waals surface area contributed by atoms with Crippen molar-refractivity contribution in [3.8, 4) is 0 Å². The number of rotatable bonds is 1. The molecule has 2 heteroatoms. The number of aromatic nitrogens is 1. The molecule has 0 bridgehead atoms. The highest BCUT2D eigenvalue weighted by Crippen LogP contribution is 2.41. The second-order valence-corrected chi connectivity index (χ2v) is 3.52. The molecule has 1 aliphatic rings. The van der Waals surface area contributed by atoms with Crippen molar-refractivity contribution in [2.75, 3.05) is 0 Å². The molecular formula is C9H14N2. The first-order valence-corrected chi connectivity index (χ1v) is 4.10. The van der Waals surface area contributed by atoms with E-state index in [1.807, 2.05) is 0 Å². The molecule has 0 saturated heterocycles. The molecule has 0 aromatic carbocycles. The van der Waals surface area contributed by atoms with Crippen LogP contribution in [0.15, 0.2) is 6.20 Å². The van der Waals surface area contributed by atoms with Crippen molar-refractivity contribution in [1.82, 2.24) is 4.98 Å². The Bertz CT molecular complexity index is 256. The number of hydrogen-bond donors (Lipinski definition) is 2. The monoisotopic (exact) mass is 150 g/mol. The lowest BCUT2D eigenvalue weighted by Gasteiger charge is -1.97. The van der Waals surface area contributed by atoms with Crippen LogP contribution < -0.4 is 5.73 Å². The molecule has 2 nitrogen and oxygen atoms in total. The average Bonchev–Trinajstić information content (AvgIpc) is 2.54. The van der Waals surface area contributed by atoms with Gasteiger partial charge in [-0.3, -0.25) is 0 Å². The molecule has 2 atom stereocenters. The standard InChI is InChI=1S/C9H14N2/c1-5-4-11-6(2)9(5)7-3-8(7)10/h4,7-8,11H,3,10H2,1-2H3. The van der Waals surface area contributed by atoms with Crippen LogP contribution in [-0.4, -0.2) is 11.0 Å². The van der Waals surface area contributed by atoms with Crippen LogP contribution in [0.4, 0.5) is 0 Å². The summed E-state index contributed by atoms with van der Waals surface area (Å²) < 4.78 is 0. The van der Waals surface area contributed by atoms with Crippen molar-refractivity contribution in [1.29, 1.82) is 0 Å². The molecule has 1 aromatic rings. The fourth-order valence-electron chi connectivity index (χ4n) is 1.78. The predicted molar refractivity (Wildman–Crippen MR) is 45.6 cm³/mol. The summed E-state index contributed by atoms with van der Waals surface area (Å²) in [5.74, 6) is 0.640. The summed E-state index contributed by atoms with van der Waals surface area (Å²) >= 11 is 0. The highest BCUT2D eigenvalue weighted by molar-refractivity contribution is 5.37. The summed E-state index contributed by atoms with van der Waals surface area (Å²) in [6.07, 6.45) is 3.23. The van der Waals surface area contributed by atoms with Crippen LogP contribution in [0.3, 0.4) is 0 Å². The number of nitrogens with one attached hydrogen (secondary N) is 1. The maximum Gasteiger partial charge on any atom is 0.0154 e. The quantitative estimate of drug-likeness (QED) is 0.625. The molecule has 1 fully saturated rings. The third kappa shape index (κ3) is 0.979. The molecule has 11 heavy (non-hydrogen) atoms. The third-order valence-electron chi connectivity index (χ3n) is 2.54. The Morgan fingerprint density at radius 2 is 2.18 bits per heavy atom. The number of aryl methyl sites for hydroxylation is 2. The van der Waals surface area contributed by atoms with Gasteiger partial charge in [0.1, 0.15) is 0 Å². The minimum absolute atomic E-state index is 0.420. The maximum absolute atomic E-state index is 5.78. The highest BCUT2D eigenvalue weighted by atomic mass is 14.8. The summed E-state index contributed by atoms with van der Waals surface area (Å²) in [7, 11) is 0. The summed E-state index contributed by atoms with van der Waals surface area (Å²) in [5.41, 5.74) is 9.89. The fourth-order valence-corrected chi connectivity index (χ4v) is 1.78. The van der Waals surface area contributed by atoms with Crippen molar-refractivity contribution in [2.45, 2.75) is 32.2 Å². The van der Waals surface area contributed by atoms with Gasteiger partial charge in [-0.1, -0.05) is 0 Å². The van der Waals surface area contributed by atoms with E-state index in [4.69, 9.17) is 5.73 Å². The lowest BCUT2D eigenvalue weighted by atomic mass is 10.1. The zero-order valence-corrected chi connectivity index (χ0v) is 7.02. The van der Waals surface area contributed by atoms with Gasteiger partial charge < -0.3 is 10.7 Å². The van der Waals surface area contributed by atoms with Gasteiger partial charge in [0.2, 0.25) is 0 Å². The van der Waals surface area contributed by atoms with Gasteiger partial charge in [0.15, 0.2) is 0 Å². The molecule has 3 N–H and O–H groups in total. The van der Waals surface area contributed by atoms with E-state index < -0.39 is 0 Å². The van der Waals surface area contributed by atoms with Crippen LogP contribution in [0.2, 0.25) is 0 Å². The van der Waals surface area contributed by atoms with E-state index in [1.165, 1.54) is 23.2 Å². The summed E-state index contributed by atoms with van der Waals surface area (Å²) in [6, 6.07) is 0.420. The summed E-state index contributed by atoms with van der Waals surface area (Å²) in [6.45, 7) is 4.26. The first-order chi connectivity index (χ1) is 5.20. The van der Waals surface area contributed by atoms with E-state index in [9.17, 15) is 0 Å². The zero-order valence-electron chi connectivity index (χ0n) is 7.02. The molecule has 60 valence electrons. The number of hydrogen-bond acceptors (Lipinski definition) is 1. The molecule has 1 aliphatic carbocycles. The zero-order chi connectivity index (χ0) is 8.01. The molecule has 1 saturated carbocycles. The van der Waals surface area contributed by atoms with E-state index in [-0.39, 0.29) is 0 Å². The van der Waals surface area contributed by atoms with Gasteiger partial charge >= 0.3 is 0 Å².